The van der Waals surface area contributed by atoms with Gasteiger partial charge in [0.05, 0.1) is 0 Å². The lowest BCUT2D eigenvalue weighted by Gasteiger charge is -2.36. The third-order valence-electron chi connectivity index (χ3n) is 6.62. The highest BCUT2D eigenvalue weighted by Crippen LogP contribution is 2.48. The summed E-state index contributed by atoms with van der Waals surface area (Å²) in [6.45, 7) is 1.78. The Balaban J connectivity index is 1.40. The van der Waals surface area contributed by atoms with Crippen molar-refractivity contribution in [3.8, 4) is 5.75 Å². The summed E-state index contributed by atoms with van der Waals surface area (Å²) in [5.41, 5.74) is 3.74. The number of hydrogen-bond acceptors (Lipinski definition) is 5. The van der Waals surface area contributed by atoms with Crippen LogP contribution in [0.1, 0.15) is 55.6 Å². The fourth-order valence-electron chi connectivity index (χ4n) is 4.98. The van der Waals surface area contributed by atoms with E-state index in [-0.39, 0.29) is 24.1 Å². The second-order valence-corrected chi connectivity index (χ2v) is 8.99. The predicted octanol–water partition coefficient (Wildman–Crippen LogP) is 5.14. The second kappa shape index (κ2) is 9.29. The number of amides is 1. The molecule has 0 bridgehead atoms. The maximum atomic E-state index is 12.9. The smallest absolute Gasteiger partial charge is 0.262 e. The van der Waals surface area contributed by atoms with Crippen molar-refractivity contribution in [2.75, 3.05) is 11.9 Å². The average molecular weight is 458 g/mol. The summed E-state index contributed by atoms with van der Waals surface area (Å²) in [5, 5.41) is 2.86. The molecule has 174 valence electrons. The Hall–Kier alpha value is -3.67. The van der Waals surface area contributed by atoms with Crippen LogP contribution in [0.15, 0.2) is 71.2 Å². The van der Waals surface area contributed by atoms with Gasteiger partial charge in [-0.25, -0.2) is 0 Å². The molecule has 1 amide bonds. The van der Waals surface area contributed by atoms with E-state index in [2.05, 4.69) is 5.32 Å². The summed E-state index contributed by atoms with van der Waals surface area (Å²) in [6, 6.07) is 14.9. The van der Waals surface area contributed by atoms with Gasteiger partial charge in [0.1, 0.15) is 17.3 Å². The molecule has 2 aromatic rings. The van der Waals surface area contributed by atoms with Gasteiger partial charge in [-0.2, -0.15) is 0 Å². The number of carbonyl (C=O) groups is 3. The molecule has 0 spiro atoms. The fourth-order valence-corrected chi connectivity index (χ4v) is 4.98. The predicted molar refractivity (Wildman–Crippen MR) is 127 cm³/mol. The fraction of sp³-hybridized carbons (Fsp3) is 0.321. The Labute approximate surface area is 198 Å². The van der Waals surface area contributed by atoms with Gasteiger partial charge in [0.25, 0.3) is 5.91 Å². The van der Waals surface area contributed by atoms with Crippen molar-refractivity contribution in [3.63, 3.8) is 0 Å². The van der Waals surface area contributed by atoms with Crippen LogP contribution in [0.25, 0.3) is 0 Å². The van der Waals surface area contributed by atoms with Crippen molar-refractivity contribution in [1.29, 1.82) is 0 Å². The zero-order chi connectivity index (χ0) is 23.7. The quantitative estimate of drug-likeness (QED) is 0.672. The number of nitrogens with one attached hydrogen (secondary N) is 1. The van der Waals surface area contributed by atoms with E-state index in [0.717, 1.165) is 29.7 Å². The summed E-state index contributed by atoms with van der Waals surface area (Å²) in [5.74, 6) is 1.31. The van der Waals surface area contributed by atoms with Crippen molar-refractivity contribution < 1.29 is 23.9 Å². The highest BCUT2D eigenvalue weighted by atomic mass is 16.5. The number of para-hydroxylation sites is 1. The SMILES string of the molecule is Cc1ccccc1NC(=O)COc1cccc(C2C3=C(CCCC3=O)OC3=C2C(=O)CCC3)c1. The summed E-state index contributed by atoms with van der Waals surface area (Å²) in [6.07, 6.45) is 3.87. The minimum absolute atomic E-state index is 0.0418. The van der Waals surface area contributed by atoms with Crippen LogP contribution in [-0.2, 0) is 19.1 Å². The van der Waals surface area contributed by atoms with E-state index in [9.17, 15) is 14.4 Å². The van der Waals surface area contributed by atoms with Crippen LogP contribution < -0.4 is 10.1 Å². The average Bonchev–Trinajstić information content (AvgIpc) is 2.83. The lowest BCUT2D eigenvalue weighted by Crippen LogP contribution is -2.30. The molecule has 5 rings (SSSR count). The molecule has 3 aliphatic rings. The molecule has 0 radical (unpaired) electrons. The summed E-state index contributed by atoms with van der Waals surface area (Å²) in [4.78, 5) is 38.3. The van der Waals surface area contributed by atoms with Gasteiger partial charge in [0.2, 0.25) is 0 Å². The van der Waals surface area contributed by atoms with Gasteiger partial charge in [-0.1, -0.05) is 30.3 Å². The first kappa shape index (κ1) is 22.1. The van der Waals surface area contributed by atoms with Gasteiger partial charge in [-0.3, -0.25) is 14.4 Å². The molecule has 1 heterocycles. The van der Waals surface area contributed by atoms with E-state index in [1.54, 1.807) is 6.07 Å². The van der Waals surface area contributed by atoms with Gasteiger partial charge >= 0.3 is 0 Å². The van der Waals surface area contributed by atoms with Gasteiger partial charge < -0.3 is 14.8 Å². The second-order valence-electron chi connectivity index (χ2n) is 8.99. The third-order valence-corrected chi connectivity index (χ3v) is 6.62. The van der Waals surface area contributed by atoms with Gasteiger partial charge in [-0.05, 0) is 49.1 Å². The molecular formula is C28H27NO5. The minimum Gasteiger partial charge on any atom is -0.484 e. The third kappa shape index (κ3) is 4.28. The number of hydrogen-bond donors (Lipinski definition) is 1. The number of aryl methyl sites for hydroxylation is 1. The molecule has 0 atom stereocenters. The number of anilines is 1. The zero-order valence-electron chi connectivity index (χ0n) is 19.2. The number of ketones is 2. The van der Waals surface area contributed by atoms with Gasteiger partial charge in [0.15, 0.2) is 18.2 Å². The Kier molecular flexibility index (Phi) is 6.05. The van der Waals surface area contributed by atoms with Crippen LogP contribution >= 0.6 is 0 Å². The largest absolute Gasteiger partial charge is 0.484 e. The molecule has 0 saturated carbocycles. The molecular weight excluding hydrogens is 430 g/mol. The zero-order valence-corrected chi connectivity index (χ0v) is 19.2. The summed E-state index contributed by atoms with van der Waals surface area (Å²) < 4.78 is 11.9. The maximum absolute atomic E-state index is 12.9. The normalized spacial score (nSPS) is 18.3. The molecule has 2 aromatic carbocycles. The van der Waals surface area contributed by atoms with Gasteiger partial charge in [-0.15, -0.1) is 0 Å². The van der Waals surface area contributed by atoms with E-state index in [0.29, 0.717) is 54.1 Å². The Morgan fingerprint density at radius 1 is 0.941 bits per heavy atom. The number of carbonyl (C=O) groups excluding carboxylic acids is 3. The lowest BCUT2D eigenvalue weighted by atomic mass is 9.73. The molecule has 0 saturated heterocycles. The minimum atomic E-state index is -0.441. The molecule has 34 heavy (non-hydrogen) atoms. The maximum Gasteiger partial charge on any atom is 0.262 e. The lowest BCUT2D eigenvalue weighted by molar-refractivity contribution is -0.119. The van der Waals surface area contributed by atoms with Crippen molar-refractivity contribution in [2.45, 2.75) is 51.4 Å². The number of ether oxygens (including phenoxy) is 2. The first-order valence-corrected chi connectivity index (χ1v) is 11.8. The standard InChI is InChI=1S/C28H27NO5/c1-17-7-2-3-10-20(17)29-25(32)16-33-19-9-4-8-18(15-19)26-27-21(30)11-5-13-23(27)34-24-14-6-12-22(31)28(24)26/h2-4,7-10,15,26H,5-6,11-14,16H2,1H3,(H,29,32). The molecule has 1 aliphatic heterocycles. The Morgan fingerprint density at radius 2 is 1.62 bits per heavy atom. The number of allylic oxidation sites excluding steroid dienone is 4. The number of Topliss-reactive ketones (excluding diaryl/α,β-unsaturated/α-hetero) is 2. The highest BCUT2D eigenvalue weighted by Gasteiger charge is 2.41. The van der Waals surface area contributed by atoms with E-state index >= 15 is 0 Å². The summed E-state index contributed by atoms with van der Waals surface area (Å²) in [7, 11) is 0. The van der Waals surface area contributed by atoms with Crippen LogP contribution in [0.3, 0.4) is 0 Å². The monoisotopic (exact) mass is 457 g/mol. The Morgan fingerprint density at radius 3 is 2.29 bits per heavy atom. The molecule has 0 unspecified atom stereocenters. The van der Waals surface area contributed by atoms with Crippen LogP contribution in [0, 0.1) is 6.92 Å². The van der Waals surface area contributed by atoms with E-state index in [1.807, 2.05) is 49.4 Å². The molecule has 2 aliphatic carbocycles. The molecule has 6 heteroatoms. The van der Waals surface area contributed by atoms with Crippen molar-refractivity contribution >= 4 is 23.2 Å². The van der Waals surface area contributed by atoms with E-state index in [4.69, 9.17) is 9.47 Å². The van der Waals surface area contributed by atoms with E-state index < -0.39 is 5.92 Å². The molecule has 0 fully saturated rings. The molecule has 1 N–H and O–H groups in total. The number of rotatable bonds is 5. The van der Waals surface area contributed by atoms with Crippen LogP contribution in [-0.4, -0.2) is 24.1 Å². The van der Waals surface area contributed by atoms with Crippen molar-refractivity contribution in [3.05, 3.63) is 82.3 Å². The first-order valence-electron chi connectivity index (χ1n) is 11.8. The summed E-state index contributed by atoms with van der Waals surface area (Å²) >= 11 is 0. The van der Waals surface area contributed by atoms with Crippen LogP contribution in [0.2, 0.25) is 0 Å². The topological polar surface area (TPSA) is 81.7 Å². The molecule has 0 aromatic heterocycles. The van der Waals surface area contributed by atoms with Crippen molar-refractivity contribution in [2.24, 2.45) is 0 Å². The van der Waals surface area contributed by atoms with E-state index in [1.165, 1.54) is 0 Å². The van der Waals surface area contributed by atoms with Gasteiger partial charge in [0, 0.05) is 48.4 Å². The number of benzene rings is 2. The highest BCUT2D eigenvalue weighted by molar-refractivity contribution is 6.05. The Bertz CT molecular complexity index is 1200. The van der Waals surface area contributed by atoms with Crippen molar-refractivity contribution in [1.82, 2.24) is 0 Å². The first-order chi connectivity index (χ1) is 16.5. The van der Waals surface area contributed by atoms with Crippen LogP contribution in [0.5, 0.6) is 5.75 Å². The molecule has 6 nitrogen and oxygen atoms in total. The van der Waals surface area contributed by atoms with Crippen LogP contribution in [0.4, 0.5) is 5.69 Å².